The number of carbonyl (C=O) groups is 1. The van der Waals surface area contributed by atoms with E-state index in [1.165, 1.54) is 5.56 Å². The average Bonchev–Trinajstić information content (AvgIpc) is 2.54. The highest BCUT2D eigenvalue weighted by molar-refractivity contribution is 5.91. The van der Waals surface area contributed by atoms with Crippen molar-refractivity contribution in [3.63, 3.8) is 0 Å². The Balaban J connectivity index is 2.04. The smallest absolute Gasteiger partial charge is 0.246 e. The lowest BCUT2D eigenvalue weighted by Crippen LogP contribution is -2.33. The Morgan fingerprint density at radius 1 is 1.09 bits per heavy atom. The molecule has 3 heteroatoms. The maximum Gasteiger partial charge on any atom is 0.246 e. The lowest BCUT2D eigenvalue weighted by Gasteiger charge is -2.20. The number of aryl methyl sites for hydroxylation is 1. The molecule has 0 heterocycles. The lowest BCUT2D eigenvalue weighted by molar-refractivity contribution is -0.126. The molecule has 22 heavy (non-hydrogen) atoms. The van der Waals surface area contributed by atoms with Crippen molar-refractivity contribution in [3.05, 3.63) is 77.4 Å². The molecule has 1 amide bonds. The average molecular weight is 294 g/mol. The van der Waals surface area contributed by atoms with E-state index in [1.54, 1.807) is 11.0 Å². The van der Waals surface area contributed by atoms with Gasteiger partial charge in [-0.1, -0.05) is 60.2 Å². The lowest BCUT2D eigenvalue weighted by atomic mass is 10.1. The molecule has 2 aromatic rings. The second-order valence-electron chi connectivity index (χ2n) is 5.28. The zero-order chi connectivity index (χ0) is 15.8. The molecule has 0 aliphatic rings. The Hall–Kier alpha value is -2.39. The normalized spacial score (nSPS) is 10.8. The molecule has 3 nitrogen and oxygen atoms in total. The van der Waals surface area contributed by atoms with Crippen LogP contribution in [-0.2, 0) is 11.3 Å². The first-order chi connectivity index (χ1) is 10.7. The van der Waals surface area contributed by atoms with Crippen LogP contribution < -0.4 is 5.73 Å². The maximum absolute atomic E-state index is 12.4. The summed E-state index contributed by atoms with van der Waals surface area (Å²) < 4.78 is 0. The highest BCUT2D eigenvalue weighted by Gasteiger charge is 2.10. The number of carbonyl (C=O) groups excluding carboxylic acids is 1. The Morgan fingerprint density at radius 3 is 2.41 bits per heavy atom. The van der Waals surface area contributed by atoms with E-state index < -0.39 is 0 Å². The summed E-state index contributed by atoms with van der Waals surface area (Å²) in [7, 11) is 0. The second kappa shape index (κ2) is 8.15. The third-order valence-corrected chi connectivity index (χ3v) is 3.42. The Bertz CT molecular complexity index is 618. The van der Waals surface area contributed by atoms with Gasteiger partial charge in [-0.15, -0.1) is 0 Å². The fourth-order valence-electron chi connectivity index (χ4n) is 2.18. The highest BCUT2D eigenvalue weighted by atomic mass is 16.2. The highest BCUT2D eigenvalue weighted by Crippen LogP contribution is 2.08. The zero-order valence-corrected chi connectivity index (χ0v) is 12.9. The van der Waals surface area contributed by atoms with Crippen LogP contribution in [0.1, 0.15) is 16.7 Å². The number of benzene rings is 2. The molecule has 2 N–H and O–H groups in total. The van der Waals surface area contributed by atoms with Crippen LogP contribution >= 0.6 is 0 Å². The van der Waals surface area contributed by atoms with Gasteiger partial charge in [-0.3, -0.25) is 4.79 Å². The summed E-state index contributed by atoms with van der Waals surface area (Å²) in [5.74, 6) is -0.0186. The third-order valence-electron chi connectivity index (χ3n) is 3.42. The molecular formula is C19H22N2O. The van der Waals surface area contributed by atoms with Crippen LogP contribution in [0.2, 0.25) is 0 Å². The van der Waals surface area contributed by atoms with E-state index in [4.69, 9.17) is 5.73 Å². The minimum absolute atomic E-state index is 0.0186. The van der Waals surface area contributed by atoms with Crippen LogP contribution in [-0.4, -0.2) is 23.9 Å². The van der Waals surface area contributed by atoms with Crippen molar-refractivity contribution in [1.29, 1.82) is 0 Å². The first-order valence-corrected chi connectivity index (χ1v) is 7.46. The molecule has 0 aliphatic heterocycles. The van der Waals surface area contributed by atoms with Gasteiger partial charge in [0, 0.05) is 25.7 Å². The molecule has 114 valence electrons. The molecule has 0 aromatic heterocycles. The molecule has 0 saturated heterocycles. The topological polar surface area (TPSA) is 46.3 Å². The van der Waals surface area contributed by atoms with E-state index in [-0.39, 0.29) is 5.91 Å². The summed E-state index contributed by atoms with van der Waals surface area (Å²) in [6.45, 7) is 3.62. The molecule has 2 rings (SSSR count). The fourth-order valence-corrected chi connectivity index (χ4v) is 2.18. The summed E-state index contributed by atoms with van der Waals surface area (Å²) in [6, 6.07) is 18.0. The first kappa shape index (κ1) is 16.0. The summed E-state index contributed by atoms with van der Waals surface area (Å²) in [6.07, 6.45) is 3.46. The largest absolute Gasteiger partial charge is 0.334 e. The van der Waals surface area contributed by atoms with Crippen LogP contribution in [0.3, 0.4) is 0 Å². The SMILES string of the molecule is Cc1ccc(/C=C/C(=O)N(CCN)Cc2ccccc2)cc1. The molecule has 0 fully saturated rings. The van der Waals surface area contributed by atoms with E-state index >= 15 is 0 Å². The van der Waals surface area contributed by atoms with E-state index in [2.05, 4.69) is 0 Å². The maximum atomic E-state index is 12.4. The van der Waals surface area contributed by atoms with E-state index in [0.29, 0.717) is 19.6 Å². The standard InChI is InChI=1S/C19H22N2O/c1-16-7-9-17(10-8-16)11-12-19(22)21(14-13-20)15-18-5-3-2-4-6-18/h2-12H,13-15,20H2,1H3/b12-11+. The Kier molecular flexibility index (Phi) is 5.92. The van der Waals surface area contributed by atoms with Crippen molar-refractivity contribution in [3.8, 4) is 0 Å². The van der Waals surface area contributed by atoms with Gasteiger partial charge in [-0.05, 0) is 24.1 Å². The van der Waals surface area contributed by atoms with Crippen molar-refractivity contribution in [2.45, 2.75) is 13.5 Å². The van der Waals surface area contributed by atoms with Gasteiger partial charge in [0.2, 0.25) is 5.91 Å². The number of hydrogen-bond acceptors (Lipinski definition) is 2. The summed E-state index contributed by atoms with van der Waals surface area (Å²) in [4.78, 5) is 14.1. The number of amides is 1. The molecule has 0 radical (unpaired) electrons. The predicted molar refractivity (Wildman–Crippen MR) is 91.1 cm³/mol. The number of nitrogens with two attached hydrogens (primary N) is 1. The molecule has 0 aliphatic carbocycles. The number of nitrogens with zero attached hydrogens (tertiary/aromatic N) is 1. The van der Waals surface area contributed by atoms with E-state index in [0.717, 1.165) is 11.1 Å². The summed E-state index contributed by atoms with van der Waals surface area (Å²) >= 11 is 0. The Labute approximate surface area is 132 Å². The molecule has 0 bridgehead atoms. The molecule has 2 aromatic carbocycles. The fraction of sp³-hybridized carbons (Fsp3) is 0.211. The minimum Gasteiger partial charge on any atom is -0.334 e. The van der Waals surface area contributed by atoms with Crippen LogP contribution in [0.5, 0.6) is 0 Å². The second-order valence-corrected chi connectivity index (χ2v) is 5.28. The zero-order valence-electron chi connectivity index (χ0n) is 12.9. The van der Waals surface area contributed by atoms with Gasteiger partial charge in [0.25, 0.3) is 0 Å². The molecular weight excluding hydrogens is 272 g/mol. The minimum atomic E-state index is -0.0186. The molecule has 0 spiro atoms. The predicted octanol–water partition coefficient (Wildman–Crippen LogP) is 3.00. The van der Waals surface area contributed by atoms with Gasteiger partial charge >= 0.3 is 0 Å². The molecule has 0 atom stereocenters. The van der Waals surface area contributed by atoms with Crippen LogP contribution in [0.4, 0.5) is 0 Å². The van der Waals surface area contributed by atoms with Gasteiger partial charge in [0.1, 0.15) is 0 Å². The molecule has 0 saturated carbocycles. The van der Waals surface area contributed by atoms with Crippen LogP contribution in [0.25, 0.3) is 6.08 Å². The Morgan fingerprint density at radius 2 is 1.77 bits per heavy atom. The van der Waals surface area contributed by atoms with Crippen LogP contribution in [0.15, 0.2) is 60.7 Å². The van der Waals surface area contributed by atoms with Crippen molar-refractivity contribution in [2.24, 2.45) is 5.73 Å². The van der Waals surface area contributed by atoms with Crippen molar-refractivity contribution in [1.82, 2.24) is 4.90 Å². The third kappa shape index (κ3) is 4.86. The van der Waals surface area contributed by atoms with Gasteiger partial charge in [-0.25, -0.2) is 0 Å². The first-order valence-electron chi connectivity index (χ1n) is 7.46. The number of rotatable bonds is 6. The van der Waals surface area contributed by atoms with Crippen molar-refractivity contribution >= 4 is 12.0 Å². The monoisotopic (exact) mass is 294 g/mol. The number of hydrogen-bond donors (Lipinski definition) is 1. The van der Waals surface area contributed by atoms with Gasteiger partial charge < -0.3 is 10.6 Å². The quantitative estimate of drug-likeness (QED) is 0.833. The van der Waals surface area contributed by atoms with Crippen molar-refractivity contribution in [2.75, 3.05) is 13.1 Å². The van der Waals surface area contributed by atoms with Gasteiger partial charge in [-0.2, -0.15) is 0 Å². The van der Waals surface area contributed by atoms with E-state index in [1.807, 2.05) is 67.6 Å². The van der Waals surface area contributed by atoms with Gasteiger partial charge in [0.05, 0.1) is 0 Å². The molecule has 0 unspecified atom stereocenters. The van der Waals surface area contributed by atoms with Crippen LogP contribution in [0, 0.1) is 6.92 Å². The van der Waals surface area contributed by atoms with E-state index in [9.17, 15) is 4.79 Å². The van der Waals surface area contributed by atoms with Gasteiger partial charge in [0.15, 0.2) is 0 Å². The van der Waals surface area contributed by atoms with Crippen molar-refractivity contribution < 1.29 is 4.79 Å². The summed E-state index contributed by atoms with van der Waals surface area (Å²) in [5, 5.41) is 0. The summed E-state index contributed by atoms with van der Waals surface area (Å²) in [5.41, 5.74) is 8.96.